The Balaban J connectivity index is 1.82. The SMILES string of the molecule is CC(C)(C)c1ccc(/C(=C\Sc2ccccc2)C2CC2)cc1. The van der Waals surface area contributed by atoms with Gasteiger partial charge < -0.3 is 0 Å². The monoisotopic (exact) mass is 308 g/mol. The molecule has 0 saturated heterocycles. The van der Waals surface area contributed by atoms with Crippen molar-refractivity contribution >= 4 is 17.3 Å². The van der Waals surface area contributed by atoms with Gasteiger partial charge in [0.2, 0.25) is 0 Å². The van der Waals surface area contributed by atoms with Crippen molar-refractivity contribution in [3.05, 3.63) is 71.1 Å². The minimum absolute atomic E-state index is 0.223. The highest BCUT2D eigenvalue weighted by atomic mass is 32.2. The van der Waals surface area contributed by atoms with Crippen LogP contribution in [0.25, 0.3) is 5.57 Å². The van der Waals surface area contributed by atoms with Crippen LogP contribution in [0.3, 0.4) is 0 Å². The van der Waals surface area contributed by atoms with E-state index in [1.54, 1.807) is 0 Å². The molecule has 1 fully saturated rings. The summed E-state index contributed by atoms with van der Waals surface area (Å²) in [6, 6.07) is 19.8. The van der Waals surface area contributed by atoms with Crippen molar-refractivity contribution < 1.29 is 0 Å². The zero-order valence-corrected chi connectivity index (χ0v) is 14.5. The molecule has 0 aromatic heterocycles. The quantitative estimate of drug-likeness (QED) is 0.579. The average Bonchev–Trinajstić information content (AvgIpc) is 3.33. The van der Waals surface area contributed by atoms with Crippen LogP contribution in [0.2, 0.25) is 0 Å². The van der Waals surface area contributed by atoms with Gasteiger partial charge in [0.25, 0.3) is 0 Å². The molecule has 114 valence electrons. The van der Waals surface area contributed by atoms with Crippen molar-refractivity contribution in [1.29, 1.82) is 0 Å². The molecule has 2 aromatic carbocycles. The van der Waals surface area contributed by atoms with Crippen molar-refractivity contribution in [1.82, 2.24) is 0 Å². The normalized spacial score (nSPS) is 15.9. The third-order valence-electron chi connectivity index (χ3n) is 4.17. The molecule has 0 N–H and O–H groups in total. The van der Waals surface area contributed by atoms with E-state index in [4.69, 9.17) is 0 Å². The fourth-order valence-electron chi connectivity index (χ4n) is 2.59. The maximum absolute atomic E-state index is 2.36. The minimum Gasteiger partial charge on any atom is -0.0978 e. The minimum atomic E-state index is 0.223. The van der Waals surface area contributed by atoms with Crippen LogP contribution in [-0.4, -0.2) is 0 Å². The summed E-state index contributed by atoms with van der Waals surface area (Å²) in [5.41, 5.74) is 4.52. The summed E-state index contributed by atoms with van der Waals surface area (Å²) >= 11 is 1.84. The standard InChI is InChI=1S/C21H24S/c1-21(2,3)18-13-11-17(12-14-18)20(16-9-10-16)15-22-19-7-5-4-6-8-19/h4-8,11-16H,9-10H2,1-3H3/b20-15-. The molecule has 0 unspecified atom stereocenters. The van der Waals surface area contributed by atoms with E-state index < -0.39 is 0 Å². The molecule has 0 radical (unpaired) electrons. The summed E-state index contributed by atoms with van der Waals surface area (Å²) in [6.07, 6.45) is 2.67. The van der Waals surface area contributed by atoms with Crippen molar-refractivity contribution in [3.63, 3.8) is 0 Å². The fraction of sp³-hybridized carbons (Fsp3) is 0.333. The molecule has 3 rings (SSSR count). The predicted molar refractivity (Wildman–Crippen MR) is 98.1 cm³/mol. The summed E-state index contributed by atoms with van der Waals surface area (Å²) < 4.78 is 0. The summed E-state index contributed by atoms with van der Waals surface area (Å²) in [4.78, 5) is 1.31. The summed E-state index contributed by atoms with van der Waals surface area (Å²) in [5, 5.41) is 2.36. The zero-order valence-electron chi connectivity index (χ0n) is 13.7. The molecule has 22 heavy (non-hydrogen) atoms. The molecule has 1 aliphatic rings. The Hall–Kier alpha value is -1.47. The highest BCUT2D eigenvalue weighted by Gasteiger charge is 2.27. The number of thioether (sulfide) groups is 1. The Labute approximate surface area is 138 Å². The smallest absolute Gasteiger partial charge is 0.0116 e. The van der Waals surface area contributed by atoms with Gasteiger partial charge in [-0.2, -0.15) is 0 Å². The molecule has 0 bridgehead atoms. The Morgan fingerprint density at radius 3 is 2.14 bits per heavy atom. The molecule has 1 heteroatoms. The van der Waals surface area contributed by atoms with E-state index in [1.807, 2.05) is 11.8 Å². The molecule has 0 nitrogen and oxygen atoms in total. The topological polar surface area (TPSA) is 0 Å². The van der Waals surface area contributed by atoms with Crippen LogP contribution < -0.4 is 0 Å². The van der Waals surface area contributed by atoms with Gasteiger partial charge in [0.15, 0.2) is 0 Å². The van der Waals surface area contributed by atoms with E-state index in [2.05, 4.69) is 80.8 Å². The lowest BCUT2D eigenvalue weighted by Gasteiger charge is -2.19. The van der Waals surface area contributed by atoms with Crippen molar-refractivity contribution in [2.75, 3.05) is 0 Å². The average molecular weight is 308 g/mol. The van der Waals surface area contributed by atoms with E-state index in [9.17, 15) is 0 Å². The zero-order chi connectivity index (χ0) is 15.6. The van der Waals surface area contributed by atoms with E-state index >= 15 is 0 Å². The molecule has 1 saturated carbocycles. The van der Waals surface area contributed by atoms with Gasteiger partial charge in [0, 0.05) is 4.90 Å². The van der Waals surface area contributed by atoms with Crippen LogP contribution in [0.5, 0.6) is 0 Å². The largest absolute Gasteiger partial charge is 0.0978 e. The van der Waals surface area contributed by atoms with Crippen LogP contribution in [0.4, 0.5) is 0 Å². The lowest BCUT2D eigenvalue weighted by molar-refractivity contribution is 0.590. The molecule has 0 spiro atoms. The lowest BCUT2D eigenvalue weighted by atomic mass is 9.86. The third-order valence-corrected chi connectivity index (χ3v) is 5.08. The van der Waals surface area contributed by atoms with E-state index in [0.717, 1.165) is 5.92 Å². The molecule has 0 heterocycles. The molecule has 0 atom stereocenters. The van der Waals surface area contributed by atoms with Crippen LogP contribution >= 0.6 is 11.8 Å². The number of hydrogen-bond acceptors (Lipinski definition) is 1. The first-order chi connectivity index (χ1) is 10.5. The predicted octanol–water partition coefficient (Wildman–Crippen LogP) is 6.53. The van der Waals surface area contributed by atoms with E-state index in [-0.39, 0.29) is 5.41 Å². The number of rotatable bonds is 4. The molecule has 0 aliphatic heterocycles. The van der Waals surface area contributed by atoms with Gasteiger partial charge >= 0.3 is 0 Å². The molecule has 0 amide bonds. The van der Waals surface area contributed by atoms with E-state index in [0.29, 0.717) is 0 Å². The highest BCUT2D eigenvalue weighted by Crippen LogP contribution is 2.44. The maximum Gasteiger partial charge on any atom is 0.0116 e. The van der Waals surface area contributed by atoms with Gasteiger partial charge in [-0.15, -0.1) is 0 Å². The van der Waals surface area contributed by atoms with Gasteiger partial charge in [0.05, 0.1) is 0 Å². The van der Waals surface area contributed by atoms with Gasteiger partial charge in [-0.05, 0) is 58.4 Å². The van der Waals surface area contributed by atoms with Crippen molar-refractivity contribution in [2.45, 2.75) is 43.9 Å². The second-order valence-electron chi connectivity index (χ2n) is 7.11. The molecule has 2 aromatic rings. The molecular weight excluding hydrogens is 284 g/mol. The number of benzene rings is 2. The van der Waals surface area contributed by atoms with Crippen LogP contribution in [-0.2, 0) is 5.41 Å². The Morgan fingerprint density at radius 1 is 0.955 bits per heavy atom. The first-order valence-electron chi connectivity index (χ1n) is 8.07. The third kappa shape index (κ3) is 3.84. The second kappa shape index (κ2) is 6.34. The Kier molecular flexibility index (Phi) is 4.44. The summed E-state index contributed by atoms with van der Waals surface area (Å²) in [7, 11) is 0. The van der Waals surface area contributed by atoms with Gasteiger partial charge in [-0.25, -0.2) is 0 Å². The molecule has 1 aliphatic carbocycles. The highest BCUT2D eigenvalue weighted by molar-refractivity contribution is 8.02. The Bertz CT molecular complexity index is 641. The van der Waals surface area contributed by atoms with Gasteiger partial charge in [-0.3, -0.25) is 0 Å². The first-order valence-corrected chi connectivity index (χ1v) is 8.95. The second-order valence-corrected chi connectivity index (χ2v) is 8.05. The fourth-order valence-corrected chi connectivity index (χ4v) is 3.49. The van der Waals surface area contributed by atoms with Crippen LogP contribution in [0.1, 0.15) is 44.7 Å². The molecular formula is C21H24S. The van der Waals surface area contributed by atoms with Crippen molar-refractivity contribution in [2.24, 2.45) is 5.92 Å². The first kappa shape index (κ1) is 15.4. The number of hydrogen-bond donors (Lipinski definition) is 0. The number of allylic oxidation sites excluding steroid dienone is 1. The van der Waals surface area contributed by atoms with Crippen LogP contribution in [0, 0.1) is 5.92 Å². The lowest BCUT2D eigenvalue weighted by Crippen LogP contribution is -2.10. The summed E-state index contributed by atoms with van der Waals surface area (Å²) in [6.45, 7) is 6.81. The Morgan fingerprint density at radius 2 is 1.59 bits per heavy atom. The van der Waals surface area contributed by atoms with Crippen LogP contribution in [0.15, 0.2) is 64.9 Å². The van der Waals surface area contributed by atoms with E-state index in [1.165, 1.54) is 34.4 Å². The van der Waals surface area contributed by atoms with Crippen molar-refractivity contribution in [3.8, 4) is 0 Å². The maximum atomic E-state index is 2.36. The van der Waals surface area contributed by atoms with Gasteiger partial charge in [0.1, 0.15) is 0 Å². The van der Waals surface area contributed by atoms with Gasteiger partial charge in [-0.1, -0.05) is 75.0 Å². The summed E-state index contributed by atoms with van der Waals surface area (Å²) in [5.74, 6) is 0.761.